The Labute approximate surface area is 90.3 Å². The summed E-state index contributed by atoms with van der Waals surface area (Å²) in [7, 11) is 0. The summed E-state index contributed by atoms with van der Waals surface area (Å²) in [5.74, 6) is 0.868. The van der Waals surface area contributed by atoms with Crippen molar-refractivity contribution in [2.75, 3.05) is 6.61 Å². The Bertz CT molecular complexity index is 425. The van der Waals surface area contributed by atoms with Crippen LogP contribution in [-0.2, 0) is 5.41 Å². The Balaban J connectivity index is 2.61. The second-order valence-corrected chi connectivity index (χ2v) is 5.13. The van der Waals surface area contributed by atoms with Gasteiger partial charge in [-0.1, -0.05) is 26.8 Å². The van der Waals surface area contributed by atoms with Gasteiger partial charge in [0, 0.05) is 0 Å². The van der Waals surface area contributed by atoms with Crippen LogP contribution in [0.1, 0.15) is 42.3 Å². The van der Waals surface area contributed by atoms with Gasteiger partial charge in [-0.05, 0) is 29.5 Å². The molecule has 0 fully saturated rings. The molecular weight excluding hydrogens is 188 g/mol. The van der Waals surface area contributed by atoms with Crippen LogP contribution < -0.4 is 4.74 Å². The molecule has 0 aliphatic carbocycles. The summed E-state index contributed by atoms with van der Waals surface area (Å²) >= 11 is 0. The molecule has 0 unspecified atom stereocenters. The number of aryl methyl sites for hydroxylation is 1. The molecule has 0 N–H and O–H groups in total. The van der Waals surface area contributed by atoms with Crippen molar-refractivity contribution in [2.24, 2.45) is 0 Å². The lowest BCUT2D eigenvalue weighted by Gasteiger charge is -2.20. The lowest BCUT2D eigenvalue weighted by molar-refractivity contribution is 0.0961. The van der Waals surface area contributed by atoms with Crippen LogP contribution in [-0.4, -0.2) is 12.4 Å². The van der Waals surface area contributed by atoms with Crippen molar-refractivity contribution in [2.45, 2.75) is 33.1 Å². The van der Waals surface area contributed by atoms with Crippen molar-refractivity contribution in [1.29, 1.82) is 0 Å². The highest BCUT2D eigenvalue weighted by Crippen LogP contribution is 2.34. The van der Waals surface area contributed by atoms with E-state index < -0.39 is 0 Å². The number of carbonyl (C=O) groups is 1. The molecule has 1 aliphatic rings. The van der Waals surface area contributed by atoms with Gasteiger partial charge in [0.2, 0.25) is 5.78 Å². The second-order valence-electron chi connectivity index (χ2n) is 5.13. The maximum atomic E-state index is 11.6. The molecule has 0 spiro atoms. The van der Waals surface area contributed by atoms with E-state index in [2.05, 4.69) is 26.8 Å². The Morgan fingerprint density at radius 1 is 1.27 bits per heavy atom. The van der Waals surface area contributed by atoms with Crippen LogP contribution in [0.4, 0.5) is 0 Å². The summed E-state index contributed by atoms with van der Waals surface area (Å²) in [6.45, 7) is 8.63. The molecule has 1 aromatic rings. The predicted molar refractivity (Wildman–Crippen MR) is 59.7 cm³/mol. The van der Waals surface area contributed by atoms with Gasteiger partial charge in [0.25, 0.3) is 0 Å². The molecule has 0 radical (unpaired) electrons. The molecule has 0 atom stereocenters. The third-order valence-corrected chi connectivity index (χ3v) is 2.79. The van der Waals surface area contributed by atoms with Crippen molar-refractivity contribution < 1.29 is 9.53 Å². The van der Waals surface area contributed by atoms with Crippen LogP contribution in [0.3, 0.4) is 0 Å². The molecule has 2 rings (SSSR count). The monoisotopic (exact) mass is 204 g/mol. The third-order valence-electron chi connectivity index (χ3n) is 2.79. The lowest BCUT2D eigenvalue weighted by Crippen LogP contribution is -2.12. The van der Waals surface area contributed by atoms with E-state index in [9.17, 15) is 4.79 Å². The summed E-state index contributed by atoms with van der Waals surface area (Å²) < 4.78 is 5.36. The SMILES string of the molecule is Cc1cc(C(C)(C)C)cc2c1OCC2=O. The highest BCUT2D eigenvalue weighted by molar-refractivity contribution is 6.02. The number of rotatable bonds is 0. The van der Waals surface area contributed by atoms with Gasteiger partial charge < -0.3 is 4.74 Å². The van der Waals surface area contributed by atoms with Crippen LogP contribution in [0, 0.1) is 6.92 Å². The molecule has 0 bridgehead atoms. The number of hydrogen-bond donors (Lipinski definition) is 0. The van der Waals surface area contributed by atoms with E-state index in [0.29, 0.717) is 0 Å². The van der Waals surface area contributed by atoms with Crippen molar-refractivity contribution in [3.63, 3.8) is 0 Å². The first kappa shape index (κ1) is 10.2. The minimum absolute atomic E-state index is 0.0721. The van der Waals surface area contributed by atoms with Crippen LogP contribution in [0.25, 0.3) is 0 Å². The Morgan fingerprint density at radius 3 is 2.53 bits per heavy atom. The average Bonchev–Trinajstić information content (AvgIpc) is 2.47. The van der Waals surface area contributed by atoms with Gasteiger partial charge in [-0.3, -0.25) is 4.79 Å². The molecule has 0 amide bonds. The lowest BCUT2D eigenvalue weighted by atomic mass is 9.84. The van der Waals surface area contributed by atoms with E-state index in [1.807, 2.05) is 13.0 Å². The average molecular weight is 204 g/mol. The van der Waals surface area contributed by atoms with E-state index >= 15 is 0 Å². The van der Waals surface area contributed by atoms with Gasteiger partial charge in [-0.15, -0.1) is 0 Å². The van der Waals surface area contributed by atoms with Gasteiger partial charge in [-0.2, -0.15) is 0 Å². The maximum absolute atomic E-state index is 11.6. The zero-order valence-electron chi connectivity index (χ0n) is 9.68. The summed E-state index contributed by atoms with van der Waals surface area (Å²) in [5, 5.41) is 0. The quantitative estimate of drug-likeness (QED) is 0.649. The number of ether oxygens (including phenoxy) is 1. The molecule has 80 valence electrons. The van der Waals surface area contributed by atoms with Crippen LogP contribution in [0.2, 0.25) is 0 Å². The minimum atomic E-state index is 0.0721. The molecule has 1 aliphatic heterocycles. The van der Waals surface area contributed by atoms with Gasteiger partial charge in [0.1, 0.15) is 5.75 Å². The normalized spacial score (nSPS) is 15.1. The number of ketones is 1. The summed E-state index contributed by atoms with van der Waals surface area (Å²) in [4.78, 5) is 11.6. The van der Waals surface area contributed by atoms with Gasteiger partial charge in [-0.25, -0.2) is 0 Å². The van der Waals surface area contributed by atoms with Crippen LogP contribution >= 0.6 is 0 Å². The zero-order chi connectivity index (χ0) is 11.2. The number of carbonyl (C=O) groups excluding carboxylic acids is 1. The van der Waals surface area contributed by atoms with Gasteiger partial charge >= 0.3 is 0 Å². The van der Waals surface area contributed by atoms with Crippen molar-refractivity contribution in [1.82, 2.24) is 0 Å². The summed E-state index contributed by atoms with van der Waals surface area (Å²) in [6.07, 6.45) is 0. The Morgan fingerprint density at radius 2 is 1.93 bits per heavy atom. The van der Waals surface area contributed by atoms with E-state index in [0.717, 1.165) is 16.9 Å². The fourth-order valence-corrected chi connectivity index (χ4v) is 1.82. The Kier molecular flexibility index (Phi) is 2.10. The van der Waals surface area contributed by atoms with Crippen LogP contribution in [0.5, 0.6) is 5.75 Å². The molecular formula is C13H16O2. The smallest absolute Gasteiger partial charge is 0.203 e. The van der Waals surface area contributed by atoms with Crippen molar-refractivity contribution in [3.8, 4) is 5.75 Å². The fraction of sp³-hybridized carbons (Fsp3) is 0.462. The first-order valence-electron chi connectivity index (χ1n) is 5.21. The molecule has 2 heteroatoms. The molecule has 1 heterocycles. The maximum Gasteiger partial charge on any atom is 0.203 e. The summed E-state index contributed by atoms with van der Waals surface area (Å²) in [6, 6.07) is 4.08. The standard InChI is InChI=1S/C13H16O2/c1-8-5-9(13(2,3)4)6-10-11(14)7-15-12(8)10/h5-6H,7H2,1-4H3. The number of fused-ring (bicyclic) bond motifs is 1. The highest BCUT2D eigenvalue weighted by atomic mass is 16.5. The van der Waals surface area contributed by atoms with Gasteiger partial charge in [0.05, 0.1) is 5.56 Å². The number of benzene rings is 1. The van der Waals surface area contributed by atoms with Crippen molar-refractivity contribution in [3.05, 3.63) is 28.8 Å². The van der Waals surface area contributed by atoms with E-state index in [4.69, 9.17) is 4.74 Å². The van der Waals surface area contributed by atoms with Crippen molar-refractivity contribution >= 4 is 5.78 Å². The number of Topliss-reactive ketones (excluding diaryl/α,β-unsaturated/α-hetero) is 1. The Hall–Kier alpha value is -1.31. The van der Waals surface area contributed by atoms with E-state index in [1.54, 1.807) is 0 Å². The van der Waals surface area contributed by atoms with Crippen LogP contribution in [0.15, 0.2) is 12.1 Å². The molecule has 0 saturated heterocycles. The van der Waals surface area contributed by atoms with Gasteiger partial charge in [0.15, 0.2) is 6.61 Å². The van der Waals surface area contributed by atoms with E-state index in [-0.39, 0.29) is 17.8 Å². The molecule has 2 nitrogen and oxygen atoms in total. The molecule has 15 heavy (non-hydrogen) atoms. The molecule has 0 aromatic heterocycles. The minimum Gasteiger partial charge on any atom is -0.484 e. The van der Waals surface area contributed by atoms with E-state index in [1.165, 1.54) is 5.56 Å². The largest absolute Gasteiger partial charge is 0.484 e. The number of hydrogen-bond acceptors (Lipinski definition) is 2. The fourth-order valence-electron chi connectivity index (χ4n) is 1.82. The third kappa shape index (κ3) is 1.65. The highest BCUT2D eigenvalue weighted by Gasteiger charge is 2.26. The first-order valence-corrected chi connectivity index (χ1v) is 5.21. The first-order chi connectivity index (χ1) is 6.89. The summed E-state index contributed by atoms with van der Waals surface area (Å²) in [5.41, 5.74) is 3.07. The molecule has 1 aromatic carbocycles. The molecule has 0 saturated carbocycles. The second kappa shape index (κ2) is 3.09. The zero-order valence-corrected chi connectivity index (χ0v) is 9.68. The predicted octanol–water partition coefficient (Wildman–Crippen LogP) is 2.87. The topological polar surface area (TPSA) is 26.3 Å².